The number of carbonyl (C=O) groups excluding carboxylic acids is 1. The summed E-state index contributed by atoms with van der Waals surface area (Å²) in [5.41, 5.74) is 6.44. The number of aliphatic hydroxyl groups is 1. The molecule has 0 aliphatic carbocycles. The van der Waals surface area contributed by atoms with E-state index in [1.165, 1.54) is 12.1 Å². The van der Waals surface area contributed by atoms with Crippen molar-refractivity contribution >= 4 is 11.6 Å². The number of anilines is 1. The largest absolute Gasteiger partial charge is 0.406 e. The van der Waals surface area contributed by atoms with Gasteiger partial charge < -0.3 is 15.7 Å². The highest BCUT2D eigenvalue weighted by Crippen LogP contribution is 2.20. The molecule has 1 rings (SSSR count). The molecule has 1 aromatic carbocycles. The number of amides is 1. The molecule has 0 unspecified atom stereocenters. The summed E-state index contributed by atoms with van der Waals surface area (Å²) in [5.74, 6) is -0.840. The van der Waals surface area contributed by atoms with E-state index >= 15 is 0 Å². The number of benzene rings is 1. The van der Waals surface area contributed by atoms with E-state index in [1.54, 1.807) is 13.0 Å². The predicted molar refractivity (Wildman–Crippen MR) is 64.6 cm³/mol. The van der Waals surface area contributed by atoms with Crippen LogP contribution < -0.4 is 5.73 Å². The number of rotatable bonds is 4. The molecule has 0 spiro atoms. The number of nitrogen functional groups attached to an aromatic ring is 1. The molecule has 0 heterocycles. The van der Waals surface area contributed by atoms with Crippen molar-refractivity contribution in [2.45, 2.75) is 13.1 Å². The van der Waals surface area contributed by atoms with Crippen LogP contribution in [0.4, 0.5) is 18.9 Å². The van der Waals surface area contributed by atoms with Crippen LogP contribution in [0.5, 0.6) is 0 Å². The van der Waals surface area contributed by atoms with Gasteiger partial charge in [0.15, 0.2) is 0 Å². The number of nitrogens with two attached hydrogens (primary N) is 1. The topological polar surface area (TPSA) is 66.6 Å². The number of halogens is 3. The van der Waals surface area contributed by atoms with Crippen LogP contribution in [0, 0.1) is 6.92 Å². The molecule has 4 nitrogen and oxygen atoms in total. The Morgan fingerprint density at radius 2 is 2.05 bits per heavy atom. The lowest BCUT2D eigenvalue weighted by Gasteiger charge is -2.23. The van der Waals surface area contributed by atoms with Crippen molar-refractivity contribution in [1.29, 1.82) is 0 Å². The molecule has 0 aliphatic rings. The molecule has 106 valence electrons. The molecular formula is C12H15F3N2O2. The summed E-state index contributed by atoms with van der Waals surface area (Å²) in [5, 5.41) is 8.76. The van der Waals surface area contributed by atoms with Crippen LogP contribution in [0.2, 0.25) is 0 Å². The van der Waals surface area contributed by atoms with Crippen LogP contribution in [0.3, 0.4) is 0 Å². The SMILES string of the molecule is Cc1ccc(N)c(C(=O)N(CCO)CC(F)(F)F)c1. The van der Waals surface area contributed by atoms with Crippen LogP contribution in [0.1, 0.15) is 15.9 Å². The van der Waals surface area contributed by atoms with Crippen molar-refractivity contribution in [2.24, 2.45) is 0 Å². The molecule has 7 heteroatoms. The molecule has 1 amide bonds. The van der Waals surface area contributed by atoms with Gasteiger partial charge in [-0.25, -0.2) is 0 Å². The molecule has 0 radical (unpaired) electrons. The summed E-state index contributed by atoms with van der Waals surface area (Å²) in [7, 11) is 0. The quantitative estimate of drug-likeness (QED) is 0.820. The Hall–Kier alpha value is -1.76. The number of hydrogen-bond donors (Lipinski definition) is 2. The number of nitrogens with zero attached hydrogens (tertiary/aromatic N) is 1. The molecule has 0 fully saturated rings. The van der Waals surface area contributed by atoms with Crippen molar-refractivity contribution in [3.8, 4) is 0 Å². The standard InChI is InChI=1S/C12H15F3N2O2/c1-8-2-3-10(16)9(6-8)11(19)17(4-5-18)7-12(13,14)15/h2-3,6,18H,4-5,7,16H2,1H3. The lowest BCUT2D eigenvalue weighted by molar-refractivity contribution is -0.141. The van der Waals surface area contributed by atoms with Gasteiger partial charge in [-0.15, -0.1) is 0 Å². The molecule has 1 aromatic rings. The van der Waals surface area contributed by atoms with Crippen LogP contribution in [0.15, 0.2) is 18.2 Å². The van der Waals surface area contributed by atoms with Crippen molar-refractivity contribution in [2.75, 3.05) is 25.4 Å². The zero-order valence-corrected chi connectivity index (χ0v) is 10.4. The molecule has 19 heavy (non-hydrogen) atoms. The fraction of sp³-hybridized carbons (Fsp3) is 0.417. The zero-order chi connectivity index (χ0) is 14.6. The fourth-order valence-corrected chi connectivity index (χ4v) is 1.62. The van der Waals surface area contributed by atoms with Gasteiger partial charge in [-0.1, -0.05) is 11.6 Å². The van der Waals surface area contributed by atoms with Gasteiger partial charge in [0.05, 0.1) is 12.2 Å². The monoisotopic (exact) mass is 276 g/mol. The first kappa shape index (κ1) is 15.3. The Bertz CT molecular complexity index is 461. The minimum absolute atomic E-state index is 0.0118. The Morgan fingerprint density at radius 3 is 2.58 bits per heavy atom. The van der Waals surface area contributed by atoms with Crippen molar-refractivity contribution < 1.29 is 23.1 Å². The second kappa shape index (κ2) is 5.92. The van der Waals surface area contributed by atoms with Gasteiger partial charge in [0.1, 0.15) is 6.54 Å². The number of aliphatic hydroxyl groups excluding tert-OH is 1. The van der Waals surface area contributed by atoms with E-state index < -0.39 is 31.8 Å². The summed E-state index contributed by atoms with van der Waals surface area (Å²) in [6.07, 6.45) is -4.52. The van der Waals surface area contributed by atoms with E-state index in [9.17, 15) is 18.0 Å². The van der Waals surface area contributed by atoms with Crippen LogP contribution in [-0.4, -0.2) is 41.8 Å². The van der Waals surface area contributed by atoms with Crippen LogP contribution >= 0.6 is 0 Å². The Morgan fingerprint density at radius 1 is 1.42 bits per heavy atom. The Kier molecular flexibility index (Phi) is 4.77. The van der Waals surface area contributed by atoms with Gasteiger partial charge in [-0.05, 0) is 19.1 Å². The highest BCUT2D eigenvalue weighted by molar-refractivity contribution is 5.99. The van der Waals surface area contributed by atoms with Gasteiger partial charge in [-0.2, -0.15) is 13.2 Å². The van der Waals surface area contributed by atoms with Gasteiger partial charge in [0.25, 0.3) is 5.91 Å². The summed E-state index contributed by atoms with van der Waals surface area (Å²) >= 11 is 0. The van der Waals surface area contributed by atoms with E-state index in [1.807, 2.05) is 0 Å². The minimum atomic E-state index is -4.52. The maximum atomic E-state index is 12.4. The molecule has 0 bridgehead atoms. The molecule has 0 atom stereocenters. The van der Waals surface area contributed by atoms with E-state index in [2.05, 4.69) is 0 Å². The van der Waals surface area contributed by atoms with Crippen molar-refractivity contribution in [3.63, 3.8) is 0 Å². The van der Waals surface area contributed by atoms with Crippen LogP contribution in [-0.2, 0) is 0 Å². The lowest BCUT2D eigenvalue weighted by Crippen LogP contribution is -2.40. The van der Waals surface area contributed by atoms with Gasteiger partial charge in [0, 0.05) is 12.2 Å². The second-order valence-corrected chi connectivity index (χ2v) is 4.16. The van der Waals surface area contributed by atoms with Crippen LogP contribution in [0.25, 0.3) is 0 Å². The molecule has 0 aromatic heterocycles. The maximum absolute atomic E-state index is 12.4. The third-order valence-electron chi connectivity index (χ3n) is 2.47. The highest BCUT2D eigenvalue weighted by atomic mass is 19.4. The molecular weight excluding hydrogens is 261 g/mol. The number of alkyl halides is 3. The summed E-state index contributed by atoms with van der Waals surface area (Å²) < 4.78 is 37.1. The minimum Gasteiger partial charge on any atom is -0.398 e. The third-order valence-corrected chi connectivity index (χ3v) is 2.47. The maximum Gasteiger partial charge on any atom is 0.406 e. The first-order valence-corrected chi connectivity index (χ1v) is 5.57. The average Bonchev–Trinajstić information content (AvgIpc) is 2.29. The smallest absolute Gasteiger partial charge is 0.398 e. The van der Waals surface area contributed by atoms with Gasteiger partial charge in [0.2, 0.25) is 0 Å². The van der Waals surface area contributed by atoms with Crippen molar-refractivity contribution in [3.05, 3.63) is 29.3 Å². The van der Waals surface area contributed by atoms with E-state index in [0.29, 0.717) is 10.5 Å². The number of carbonyl (C=O) groups is 1. The molecule has 3 N–H and O–H groups in total. The molecule has 0 aliphatic heterocycles. The first-order valence-electron chi connectivity index (χ1n) is 5.57. The lowest BCUT2D eigenvalue weighted by atomic mass is 10.1. The van der Waals surface area contributed by atoms with Crippen molar-refractivity contribution in [1.82, 2.24) is 4.90 Å². The highest BCUT2D eigenvalue weighted by Gasteiger charge is 2.33. The molecule has 0 saturated carbocycles. The third kappa shape index (κ3) is 4.44. The average molecular weight is 276 g/mol. The first-order chi connectivity index (χ1) is 8.74. The summed E-state index contributed by atoms with van der Waals surface area (Å²) in [6, 6.07) is 4.55. The summed E-state index contributed by atoms with van der Waals surface area (Å²) in [6.45, 7) is -0.657. The van der Waals surface area contributed by atoms with Gasteiger partial charge in [-0.3, -0.25) is 4.79 Å². The normalized spacial score (nSPS) is 11.4. The Labute approximate surface area is 108 Å². The van der Waals surface area contributed by atoms with E-state index in [-0.39, 0.29) is 11.3 Å². The fourth-order valence-electron chi connectivity index (χ4n) is 1.62. The van der Waals surface area contributed by atoms with E-state index in [4.69, 9.17) is 10.8 Å². The van der Waals surface area contributed by atoms with Gasteiger partial charge >= 0.3 is 6.18 Å². The zero-order valence-electron chi connectivity index (χ0n) is 10.4. The van der Waals surface area contributed by atoms with E-state index in [0.717, 1.165) is 0 Å². The number of hydrogen-bond acceptors (Lipinski definition) is 3. The predicted octanol–water partition coefficient (Wildman–Crippen LogP) is 1.57. The number of aryl methyl sites for hydroxylation is 1. The summed E-state index contributed by atoms with van der Waals surface area (Å²) in [4.78, 5) is 12.6. The Balaban J connectivity index is 3.02. The second-order valence-electron chi connectivity index (χ2n) is 4.16. The molecule has 0 saturated heterocycles.